The van der Waals surface area contributed by atoms with Crippen LogP contribution in [0.4, 0.5) is 11.4 Å². The smallest absolute Gasteiger partial charge is 0.337 e. The minimum absolute atomic E-state index is 0.175. The number of hydrogen-bond acceptors (Lipinski definition) is 6. The molecule has 2 bridgehead atoms. The van der Waals surface area contributed by atoms with Gasteiger partial charge in [-0.1, -0.05) is 18.2 Å². The fourth-order valence-corrected chi connectivity index (χ4v) is 5.58. The Labute approximate surface area is 197 Å². The lowest BCUT2D eigenvalue weighted by atomic mass is 10.0. The van der Waals surface area contributed by atoms with Crippen molar-refractivity contribution in [2.45, 2.75) is 44.8 Å². The number of ether oxygens (including phenoxy) is 1. The van der Waals surface area contributed by atoms with E-state index >= 15 is 0 Å². The van der Waals surface area contributed by atoms with Gasteiger partial charge in [-0.3, -0.25) is 4.98 Å². The largest absolute Gasteiger partial charge is 0.478 e. The summed E-state index contributed by atoms with van der Waals surface area (Å²) >= 11 is 0. The molecule has 2 N–H and O–H groups in total. The summed E-state index contributed by atoms with van der Waals surface area (Å²) in [5, 5.41) is 13.9. The molecule has 2 fully saturated rings. The number of aromatic nitrogens is 1. The Morgan fingerprint density at radius 2 is 1.91 bits per heavy atom. The molecule has 34 heavy (non-hydrogen) atoms. The second-order valence-electron chi connectivity index (χ2n) is 9.39. The highest BCUT2D eigenvalue weighted by Gasteiger charge is 2.39. The molecule has 2 saturated heterocycles. The van der Waals surface area contributed by atoms with Gasteiger partial charge >= 0.3 is 5.97 Å². The average molecular weight is 458 g/mol. The number of aryl methyl sites for hydroxylation is 1. The van der Waals surface area contributed by atoms with Crippen LogP contribution in [0.15, 0.2) is 53.1 Å². The van der Waals surface area contributed by atoms with E-state index in [9.17, 15) is 9.90 Å². The summed E-state index contributed by atoms with van der Waals surface area (Å²) in [6, 6.07) is 13.8. The van der Waals surface area contributed by atoms with Crippen LogP contribution in [0, 0.1) is 6.92 Å². The van der Waals surface area contributed by atoms with Crippen LogP contribution in [0.25, 0.3) is 22.1 Å². The van der Waals surface area contributed by atoms with Gasteiger partial charge < -0.3 is 24.5 Å². The Hall–Kier alpha value is -3.58. The zero-order valence-electron chi connectivity index (χ0n) is 19.2. The van der Waals surface area contributed by atoms with Crippen molar-refractivity contribution in [3.63, 3.8) is 0 Å². The van der Waals surface area contributed by atoms with Crippen LogP contribution in [-0.2, 0) is 4.74 Å². The maximum absolute atomic E-state index is 11.7. The van der Waals surface area contributed by atoms with Gasteiger partial charge in [0.05, 0.1) is 42.6 Å². The Kier molecular flexibility index (Phi) is 4.95. The maximum atomic E-state index is 11.7. The van der Waals surface area contributed by atoms with E-state index in [-0.39, 0.29) is 11.6 Å². The number of morpholine rings is 1. The molecule has 4 heterocycles. The predicted molar refractivity (Wildman–Crippen MR) is 132 cm³/mol. The molecule has 2 aromatic heterocycles. The van der Waals surface area contributed by atoms with Crippen LogP contribution in [0.2, 0.25) is 0 Å². The normalized spacial score (nSPS) is 20.7. The second kappa shape index (κ2) is 8.02. The van der Waals surface area contributed by atoms with E-state index in [0.717, 1.165) is 64.9 Å². The van der Waals surface area contributed by atoms with Crippen LogP contribution < -0.4 is 10.2 Å². The molecular weight excluding hydrogens is 430 g/mol. The highest BCUT2D eigenvalue weighted by atomic mass is 16.5. The molecule has 0 saturated carbocycles. The molecule has 7 heteroatoms. The number of nitrogens with one attached hydrogen (secondary N) is 1. The molecule has 4 aromatic rings. The molecule has 0 spiro atoms. The molecule has 3 atom stereocenters. The van der Waals surface area contributed by atoms with Gasteiger partial charge in [0.15, 0.2) is 5.58 Å². The number of carbonyl (C=O) groups is 1. The van der Waals surface area contributed by atoms with Crippen molar-refractivity contribution in [1.29, 1.82) is 0 Å². The Morgan fingerprint density at radius 1 is 1.15 bits per heavy atom. The zero-order valence-corrected chi connectivity index (χ0v) is 19.2. The van der Waals surface area contributed by atoms with E-state index in [1.54, 1.807) is 18.2 Å². The van der Waals surface area contributed by atoms with Crippen molar-refractivity contribution in [2.24, 2.45) is 0 Å². The third kappa shape index (κ3) is 3.30. The number of carboxylic acids is 1. The van der Waals surface area contributed by atoms with Crippen LogP contribution in [0.3, 0.4) is 0 Å². The van der Waals surface area contributed by atoms with E-state index < -0.39 is 5.97 Å². The Bertz CT molecular complexity index is 1400. The minimum Gasteiger partial charge on any atom is -0.478 e. The van der Waals surface area contributed by atoms with Crippen molar-refractivity contribution >= 4 is 39.4 Å². The maximum Gasteiger partial charge on any atom is 0.337 e. The number of carboxylic acid groups (broad SMARTS) is 1. The number of aromatic carboxylic acids is 1. The van der Waals surface area contributed by atoms with E-state index in [0.29, 0.717) is 17.8 Å². The van der Waals surface area contributed by atoms with Gasteiger partial charge in [0.1, 0.15) is 11.1 Å². The molecule has 0 radical (unpaired) electrons. The fourth-order valence-electron chi connectivity index (χ4n) is 5.58. The number of hydrogen-bond donors (Lipinski definition) is 2. The molecule has 6 rings (SSSR count). The van der Waals surface area contributed by atoms with Crippen molar-refractivity contribution in [1.82, 2.24) is 4.98 Å². The Morgan fingerprint density at radius 3 is 2.68 bits per heavy atom. The lowest BCUT2D eigenvalue weighted by Crippen LogP contribution is -2.46. The summed E-state index contributed by atoms with van der Waals surface area (Å²) in [6.45, 7) is 5.58. The molecular formula is C27H27N3O4. The van der Waals surface area contributed by atoms with Gasteiger partial charge in [0, 0.05) is 22.8 Å². The third-order valence-corrected chi connectivity index (χ3v) is 7.12. The van der Waals surface area contributed by atoms with Crippen molar-refractivity contribution < 1.29 is 19.1 Å². The van der Waals surface area contributed by atoms with Gasteiger partial charge in [-0.25, -0.2) is 4.79 Å². The summed E-state index contributed by atoms with van der Waals surface area (Å²) in [6.07, 6.45) is 4.13. The first kappa shape index (κ1) is 21.0. The monoisotopic (exact) mass is 457 g/mol. The number of benzene rings is 2. The number of pyridine rings is 1. The molecule has 2 aliphatic rings. The standard InChI is InChI=1S/C27H27N3O4/c1-15-11-20(16(2)29-22-6-4-3-5-19(22)27(31)32)25-21(12-15)24-26(34-25)23(9-10-28-24)30-17-7-8-18(30)14-33-13-17/h3-6,9-12,16-18,29H,7-8,13-14H2,1-2H3,(H,31,32)/t16-,17?,18?/m1/s1. The van der Waals surface area contributed by atoms with Crippen LogP contribution in [-0.4, -0.2) is 41.4 Å². The van der Waals surface area contributed by atoms with Crippen LogP contribution >= 0.6 is 0 Å². The van der Waals surface area contributed by atoms with Gasteiger partial charge in [0.25, 0.3) is 0 Å². The van der Waals surface area contributed by atoms with Crippen molar-refractivity contribution in [3.8, 4) is 0 Å². The molecule has 0 aliphatic carbocycles. The van der Waals surface area contributed by atoms with E-state index in [4.69, 9.17) is 14.1 Å². The summed E-state index contributed by atoms with van der Waals surface area (Å²) in [5.74, 6) is -0.956. The summed E-state index contributed by atoms with van der Waals surface area (Å²) in [4.78, 5) is 18.9. The highest BCUT2D eigenvalue weighted by molar-refractivity contribution is 6.08. The molecule has 174 valence electrons. The van der Waals surface area contributed by atoms with E-state index in [2.05, 4.69) is 35.3 Å². The number of anilines is 2. The summed E-state index contributed by atoms with van der Waals surface area (Å²) < 4.78 is 12.4. The van der Waals surface area contributed by atoms with Gasteiger partial charge in [-0.05, 0) is 56.5 Å². The molecule has 2 aromatic carbocycles. The second-order valence-corrected chi connectivity index (χ2v) is 9.39. The summed E-state index contributed by atoms with van der Waals surface area (Å²) in [7, 11) is 0. The number of furan rings is 1. The molecule has 0 amide bonds. The molecule has 7 nitrogen and oxygen atoms in total. The Balaban J connectivity index is 1.47. The number of para-hydroxylation sites is 1. The average Bonchev–Trinajstić information content (AvgIpc) is 3.31. The number of rotatable bonds is 5. The SMILES string of the molecule is Cc1cc([C@@H](C)Nc2ccccc2C(=O)O)c2oc3c(N4C5CCC4COC5)ccnc3c2c1. The lowest BCUT2D eigenvalue weighted by molar-refractivity contribution is 0.0698. The number of fused-ring (bicyclic) bond motifs is 5. The van der Waals surface area contributed by atoms with Gasteiger partial charge in [-0.15, -0.1) is 0 Å². The minimum atomic E-state index is -0.956. The quantitative estimate of drug-likeness (QED) is 0.407. The topological polar surface area (TPSA) is 87.8 Å². The predicted octanol–water partition coefficient (Wildman–Crippen LogP) is 5.53. The molecule has 2 unspecified atom stereocenters. The zero-order chi connectivity index (χ0) is 23.4. The van der Waals surface area contributed by atoms with Gasteiger partial charge in [-0.2, -0.15) is 0 Å². The summed E-state index contributed by atoms with van der Waals surface area (Å²) in [5.41, 5.74) is 6.44. The first-order chi connectivity index (χ1) is 16.5. The van der Waals surface area contributed by atoms with Crippen molar-refractivity contribution in [2.75, 3.05) is 23.4 Å². The van der Waals surface area contributed by atoms with Crippen LogP contribution in [0.1, 0.15) is 47.3 Å². The van der Waals surface area contributed by atoms with Crippen molar-refractivity contribution in [3.05, 3.63) is 65.4 Å². The van der Waals surface area contributed by atoms with E-state index in [1.807, 2.05) is 19.2 Å². The highest BCUT2D eigenvalue weighted by Crippen LogP contribution is 2.42. The lowest BCUT2D eigenvalue weighted by Gasteiger charge is -2.36. The van der Waals surface area contributed by atoms with E-state index in [1.165, 1.54) is 0 Å². The molecule has 2 aliphatic heterocycles. The van der Waals surface area contributed by atoms with Gasteiger partial charge in [0.2, 0.25) is 0 Å². The number of nitrogens with zero attached hydrogens (tertiary/aromatic N) is 2. The first-order valence-electron chi connectivity index (χ1n) is 11.8. The van der Waals surface area contributed by atoms with Crippen LogP contribution in [0.5, 0.6) is 0 Å². The third-order valence-electron chi connectivity index (χ3n) is 7.12. The fraction of sp³-hybridized carbons (Fsp3) is 0.333. The first-order valence-corrected chi connectivity index (χ1v) is 11.8.